The molecule has 2 aromatic heterocycles. The summed E-state index contributed by atoms with van der Waals surface area (Å²) in [6.07, 6.45) is 3.78. The van der Waals surface area contributed by atoms with Crippen LogP contribution in [0.15, 0.2) is 47.1 Å². The van der Waals surface area contributed by atoms with Gasteiger partial charge in [-0.1, -0.05) is 35.5 Å². The largest absolute Gasteiger partial charge is 0.356 e. The normalized spacial score (nSPS) is 18.4. The van der Waals surface area contributed by atoms with E-state index in [0.29, 0.717) is 6.54 Å². The predicted molar refractivity (Wildman–Crippen MR) is 102 cm³/mol. The number of amides is 1. The number of carbonyl (C=O) groups is 1. The van der Waals surface area contributed by atoms with Gasteiger partial charge in [0.05, 0.1) is 29.1 Å². The van der Waals surface area contributed by atoms with Crippen molar-refractivity contribution >= 4 is 5.91 Å². The molecule has 6 heteroatoms. The third kappa shape index (κ3) is 3.52. The summed E-state index contributed by atoms with van der Waals surface area (Å²) in [6.45, 7) is 5.38. The molecule has 0 radical (unpaired) electrons. The van der Waals surface area contributed by atoms with Gasteiger partial charge in [-0.05, 0) is 32.3 Å². The molecule has 27 heavy (non-hydrogen) atoms. The van der Waals surface area contributed by atoms with Gasteiger partial charge in [0.25, 0.3) is 0 Å². The van der Waals surface area contributed by atoms with Crippen molar-refractivity contribution in [2.45, 2.75) is 38.5 Å². The Kier molecular flexibility index (Phi) is 4.79. The fourth-order valence-corrected chi connectivity index (χ4v) is 3.87. The van der Waals surface area contributed by atoms with Crippen molar-refractivity contribution in [1.82, 2.24) is 20.3 Å². The zero-order chi connectivity index (χ0) is 18.8. The molecule has 0 aliphatic carbocycles. The number of aromatic amines is 1. The van der Waals surface area contributed by atoms with E-state index in [2.05, 4.69) is 15.4 Å². The van der Waals surface area contributed by atoms with Gasteiger partial charge in [-0.3, -0.25) is 9.89 Å². The number of benzene rings is 1. The average Bonchev–Trinajstić information content (AvgIpc) is 3.36. The van der Waals surface area contributed by atoms with Crippen LogP contribution < -0.4 is 0 Å². The Morgan fingerprint density at radius 1 is 1.33 bits per heavy atom. The molecule has 1 aromatic carbocycles. The molecule has 0 unspecified atom stereocenters. The van der Waals surface area contributed by atoms with Gasteiger partial charge in [0, 0.05) is 25.1 Å². The minimum Gasteiger partial charge on any atom is -0.356 e. The van der Waals surface area contributed by atoms with Crippen molar-refractivity contribution in [3.63, 3.8) is 0 Å². The summed E-state index contributed by atoms with van der Waals surface area (Å²) in [7, 11) is 0. The highest BCUT2D eigenvalue weighted by Gasteiger charge is 2.30. The Morgan fingerprint density at radius 3 is 2.89 bits per heavy atom. The van der Waals surface area contributed by atoms with Crippen LogP contribution in [-0.4, -0.2) is 39.3 Å². The van der Waals surface area contributed by atoms with E-state index < -0.39 is 0 Å². The number of rotatable bonds is 4. The average molecular weight is 364 g/mol. The number of hydrogen-bond donors (Lipinski definition) is 1. The molecule has 1 fully saturated rings. The molecule has 0 saturated carbocycles. The van der Waals surface area contributed by atoms with Gasteiger partial charge < -0.3 is 9.42 Å². The Bertz CT molecular complexity index is 915. The molecule has 0 spiro atoms. The van der Waals surface area contributed by atoms with Crippen LogP contribution in [0.25, 0.3) is 11.3 Å². The van der Waals surface area contributed by atoms with Crippen LogP contribution in [0.3, 0.4) is 0 Å². The lowest BCUT2D eigenvalue weighted by Crippen LogP contribution is -2.41. The molecule has 3 aromatic rings. The zero-order valence-corrected chi connectivity index (χ0v) is 15.7. The van der Waals surface area contributed by atoms with Gasteiger partial charge in [0.15, 0.2) is 5.76 Å². The van der Waals surface area contributed by atoms with Crippen molar-refractivity contribution in [3.8, 4) is 11.3 Å². The van der Waals surface area contributed by atoms with Crippen LogP contribution in [-0.2, 0) is 4.79 Å². The second-order valence-corrected chi connectivity index (χ2v) is 7.29. The monoisotopic (exact) mass is 364 g/mol. The van der Waals surface area contributed by atoms with E-state index in [9.17, 15) is 4.79 Å². The molecule has 2 atom stereocenters. The van der Waals surface area contributed by atoms with Gasteiger partial charge in [-0.2, -0.15) is 5.10 Å². The number of nitrogens with one attached hydrogen (secondary N) is 1. The summed E-state index contributed by atoms with van der Waals surface area (Å²) in [5.74, 6) is 0.983. The molecule has 1 aliphatic heterocycles. The molecular formula is C21H24N4O2. The number of likely N-dealkylation sites (tertiary alicyclic amines) is 1. The van der Waals surface area contributed by atoms with E-state index in [-0.39, 0.29) is 17.7 Å². The van der Waals surface area contributed by atoms with Crippen LogP contribution in [0, 0.1) is 6.92 Å². The Labute approximate surface area is 158 Å². The fraction of sp³-hybridized carbons (Fsp3) is 0.381. The van der Waals surface area contributed by atoms with Gasteiger partial charge in [-0.15, -0.1) is 0 Å². The van der Waals surface area contributed by atoms with E-state index in [1.54, 1.807) is 6.20 Å². The number of carbonyl (C=O) groups excluding carboxylic acids is 1. The highest BCUT2D eigenvalue weighted by Crippen LogP contribution is 2.34. The molecule has 1 saturated heterocycles. The molecular weight excluding hydrogens is 340 g/mol. The van der Waals surface area contributed by atoms with E-state index in [4.69, 9.17) is 4.52 Å². The standard InChI is InChI=1S/C21H24N4O2/c1-14-11-19(27-24-14)18-12-22-23-20(18)17-9-6-10-25(13-17)21(26)15(2)16-7-4-3-5-8-16/h3-5,7-8,11-12,15,17H,6,9-10,13H2,1-2H3,(H,22,23)/t15-,17-/m0/s1. The number of piperidine rings is 1. The number of hydrogen-bond acceptors (Lipinski definition) is 4. The van der Waals surface area contributed by atoms with Crippen molar-refractivity contribution in [2.75, 3.05) is 13.1 Å². The van der Waals surface area contributed by atoms with Crippen molar-refractivity contribution in [2.24, 2.45) is 0 Å². The van der Waals surface area contributed by atoms with E-state index in [0.717, 1.165) is 47.7 Å². The Balaban J connectivity index is 1.52. The highest BCUT2D eigenvalue weighted by molar-refractivity contribution is 5.83. The number of nitrogens with zero attached hydrogens (tertiary/aromatic N) is 3. The molecule has 1 amide bonds. The second kappa shape index (κ2) is 7.39. The smallest absolute Gasteiger partial charge is 0.229 e. The molecule has 6 nitrogen and oxygen atoms in total. The molecule has 0 bridgehead atoms. The van der Waals surface area contributed by atoms with Crippen molar-refractivity contribution < 1.29 is 9.32 Å². The Morgan fingerprint density at radius 2 is 2.15 bits per heavy atom. The molecule has 3 heterocycles. The van der Waals surface area contributed by atoms with Gasteiger partial charge >= 0.3 is 0 Å². The van der Waals surface area contributed by atoms with Crippen LogP contribution in [0.4, 0.5) is 0 Å². The van der Waals surface area contributed by atoms with Crippen molar-refractivity contribution in [1.29, 1.82) is 0 Å². The minimum atomic E-state index is -0.136. The second-order valence-electron chi connectivity index (χ2n) is 7.29. The summed E-state index contributed by atoms with van der Waals surface area (Å²) in [6, 6.07) is 11.9. The SMILES string of the molecule is Cc1cc(-c2cn[nH]c2[C@H]2CCCN(C(=O)[C@@H](C)c3ccccc3)C2)on1. The maximum atomic E-state index is 13.0. The zero-order valence-electron chi connectivity index (χ0n) is 15.7. The summed E-state index contributed by atoms with van der Waals surface area (Å²) in [4.78, 5) is 15.0. The molecule has 140 valence electrons. The maximum absolute atomic E-state index is 13.0. The van der Waals surface area contributed by atoms with Crippen LogP contribution in [0.1, 0.15) is 48.6 Å². The summed E-state index contributed by atoms with van der Waals surface area (Å²) in [5.41, 5.74) is 3.86. The minimum absolute atomic E-state index is 0.136. The topological polar surface area (TPSA) is 75.0 Å². The van der Waals surface area contributed by atoms with E-state index >= 15 is 0 Å². The number of aromatic nitrogens is 3. The van der Waals surface area contributed by atoms with Gasteiger partial charge in [-0.25, -0.2) is 0 Å². The predicted octanol–water partition coefficient (Wildman–Crippen LogP) is 3.88. The first-order valence-corrected chi connectivity index (χ1v) is 9.44. The first-order valence-electron chi connectivity index (χ1n) is 9.44. The van der Waals surface area contributed by atoms with Gasteiger partial charge in [0.1, 0.15) is 0 Å². The van der Waals surface area contributed by atoms with Crippen LogP contribution >= 0.6 is 0 Å². The quantitative estimate of drug-likeness (QED) is 0.762. The first-order chi connectivity index (χ1) is 13.1. The van der Waals surface area contributed by atoms with Gasteiger partial charge in [0.2, 0.25) is 5.91 Å². The maximum Gasteiger partial charge on any atom is 0.229 e. The number of H-pyrrole nitrogens is 1. The lowest BCUT2D eigenvalue weighted by molar-refractivity contribution is -0.133. The third-order valence-electron chi connectivity index (χ3n) is 5.37. The lowest BCUT2D eigenvalue weighted by Gasteiger charge is -2.34. The van der Waals surface area contributed by atoms with Crippen molar-refractivity contribution in [3.05, 3.63) is 59.5 Å². The highest BCUT2D eigenvalue weighted by atomic mass is 16.5. The fourth-order valence-electron chi connectivity index (χ4n) is 3.87. The molecule has 4 rings (SSSR count). The van der Waals surface area contributed by atoms with E-state index in [1.165, 1.54) is 0 Å². The third-order valence-corrected chi connectivity index (χ3v) is 5.37. The molecule has 1 N–H and O–H groups in total. The van der Waals surface area contributed by atoms with Crippen LogP contribution in [0.2, 0.25) is 0 Å². The lowest BCUT2D eigenvalue weighted by atomic mass is 9.90. The summed E-state index contributed by atoms with van der Waals surface area (Å²) in [5, 5.41) is 11.3. The summed E-state index contributed by atoms with van der Waals surface area (Å²) >= 11 is 0. The Hall–Kier alpha value is -2.89. The molecule has 1 aliphatic rings. The summed E-state index contributed by atoms with van der Waals surface area (Å²) < 4.78 is 5.42. The van der Waals surface area contributed by atoms with E-state index in [1.807, 2.05) is 55.1 Å². The van der Waals surface area contributed by atoms with Crippen LogP contribution in [0.5, 0.6) is 0 Å². The number of aryl methyl sites for hydroxylation is 1. The first kappa shape index (κ1) is 17.5.